The summed E-state index contributed by atoms with van der Waals surface area (Å²) in [7, 11) is 0. The molecule has 0 saturated carbocycles. The second-order valence-corrected chi connectivity index (χ2v) is 17.7. The summed E-state index contributed by atoms with van der Waals surface area (Å²) >= 11 is 1.91. The summed E-state index contributed by atoms with van der Waals surface area (Å²) in [6.45, 7) is 0. The van der Waals surface area contributed by atoms with E-state index < -0.39 is 0 Å². The summed E-state index contributed by atoms with van der Waals surface area (Å²) < 4.78 is 1.32. The third-order valence-electron chi connectivity index (χ3n) is 13.2. The smallest absolute Gasteiger partial charge is 0.0434 e. The van der Waals surface area contributed by atoms with Gasteiger partial charge in [-0.1, -0.05) is 218 Å². The molecule has 1 aliphatic carbocycles. The van der Waals surface area contributed by atoms with Gasteiger partial charge in [0.25, 0.3) is 0 Å². The van der Waals surface area contributed by atoms with Crippen molar-refractivity contribution in [2.45, 2.75) is 0 Å². The highest BCUT2D eigenvalue weighted by Crippen LogP contribution is 2.61. The molecule has 0 amide bonds. The molecule has 1 heteroatoms. The SMILES string of the molecule is c1ccc(-c2cc3c(s2)c(-c2ccc4c5c(cccc25)-c2c-4c(-c4ccccc4)c4c(-c5ccccc5)ccc(-c5ccccc5)c4c2-c2ccccc2)cc2ccccc23)cc1. The van der Waals surface area contributed by atoms with Crippen LogP contribution in [0.1, 0.15) is 0 Å². The van der Waals surface area contributed by atoms with Crippen LogP contribution in [0.15, 0.2) is 231 Å². The van der Waals surface area contributed by atoms with Crippen molar-refractivity contribution in [3.05, 3.63) is 231 Å². The van der Waals surface area contributed by atoms with Crippen molar-refractivity contribution in [3.63, 3.8) is 0 Å². The molecule has 0 spiro atoms. The van der Waals surface area contributed by atoms with E-state index in [9.17, 15) is 0 Å². The molecule has 0 aliphatic heterocycles. The van der Waals surface area contributed by atoms with Crippen molar-refractivity contribution in [1.82, 2.24) is 0 Å². The van der Waals surface area contributed by atoms with E-state index in [1.165, 1.54) is 131 Å². The van der Waals surface area contributed by atoms with Gasteiger partial charge in [-0.2, -0.15) is 0 Å². The Hall–Kier alpha value is -7.84. The Bertz CT molecular complexity index is 3600. The Morgan fingerprint density at radius 2 is 0.683 bits per heavy atom. The van der Waals surface area contributed by atoms with Gasteiger partial charge >= 0.3 is 0 Å². The van der Waals surface area contributed by atoms with Gasteiger partial charge in [-0.15, -0.1) is 11.3 Å². The number of fused-ring (bicyclic) bond motifs is 7. The minimum absolute atomic E-state index is 1.21. The Balaban J connectivity index is 1.20. The highest BCUT2D eigenvalue weighted by atomic mass is 32.1. The van der Waals surface area contributed by atoms with E-state index in [2.05, 4.69) is 231 Å². The highest BCUT2D eigenvalue weighted by molar-refractivity contribution is 7.23. The fraction of sp³-hybridized carbons (Fsp3) is 0. The molecule has 63 heavy (non-hydrogen) atoms. The number of hydrogen-bond donors (Lipinski definition) is 0. The van der Waals surface area contributed by atoms with Crippen LogP contribution < -0.4 is 0 Å². The minimum atomic E-state index is 1.21. The molecular weight excluding hydrogens is 777 g/mol. The average molecular weight is 815 g/mol. The normalized spacial score (nSPS) is 11.8. The topological polar surface area (TPSA) is 0 Å². The molecular formula is C62H38S. The lowest BCUT2D eigenvalue weighted by molar-refractivity contribution is 1.59. The van der Waals surface area contributed by atoms with Gasteiger partial charge in [-0.05, 0) is 122 Å². The molecule has 292 valence electrons. The second kappa shape index (κ2) is 14.4. The number of hydrogen-bond acceptors (Lipinski definition) is 1. The first-order valence-electron chi connectivity index (χ1n) is 21.8. The molecule has 1 heterocycles. The Kier molecular flexibility index (Phi) is 8.19. The molecule has 0 saturated heterocycles. The molecule has 13 rings (SSSR count). The number of benzene rings is 11. The van der Waals surface area contributed by atoms with Crippen LogP contribution >= 0.6 is 11.3 Å². The zero-order chi connectivity index (χ0) is 41.4. The van der Waals surface area contributed by atoms with E-state index in [4.69, 9.17) is 0 Å². The first kappa shape index (κ1) is 35.9. The summed E-state index contributed by atoms with van der Waals surface area (Å²) in [4.78, 5) is 1.29. The maximum Gasteiger partial charge on any atom is 0.0434 e. The van der Waals surface area contributed by atoms with Crippen molar-refractivity contribution >= 4 is 53.7 Å². The number of thiophene rings is 1. The maximum absolute atomic E-state index is 2.44. The third kappa shape index (κ3) is 5.54. The summed E-state index contributed by atoms with van der Waals surface area (Å²) in [6.07, 6.45) is 0. The van der Waals surface area contributed by atoms with E-state index in [0.717, 1.165) is 0 Å². The molecule has 0 radical (unpaired) electrons. The Morgan fingerprint density at radius 1 is 0.238 bits per heavy atom. The third-order valence-corrected chi connectivity index (χ3v) is 14.4. The molecule has 1 aliphatic rings. The fourth-order valence-corrected chi connectivity index (χ4v) is 11.8. The van der Waals surface area contributed by atoms with Crippen LogP contribution in [-0.2, 0) is 0 Å². The van der Waals surface area contributed by atoms with Gasteiger partial charge in [0.05, 0.1) is 0 Å². The average Bonchev–Trinajstić information content (AvgIpc) is 3.96. The molecule has 11 aromatic carbocycles. The molecule has 0 nitrogen and oxygen atoms in total. The van der Waals surface area contributed by atoms with E-state index in [-0.39, 0.29) is 0 Å². The molecule has 0 N–H and O–H groups in total. The molecule has 0 bridgehead atoms. The van der Waals surface area contributed by atoms with E-state index in [0.29, 0.717) is 0 Å². The quantitative estimate of drug-likeness (QED) is 0.157. The van der Waals surface area contributed by atoms with Gasteiger partial charge in [-0.3, -0.25) is 0 Å². The van der Waals surface area contributed by atoms with E-state index >= 15 is 0 Å². The highest BCUT2D eigenvalue weighted by Gasteiger charge is 2.33. The monoisotopic (exact) mass is 814 g/mol. The van der Waals surface area contributed by atoms with Crippen molar-refractivity contribution in [3.8, 4) is 88.3 Å². The van der Waals surface area contributed by atoms with Crippen LogP contribution in [0, 0.1) is 0 Å². The van der Waals surface area contributed by atoms with Gasteiger partial charge in [0.15, 0.2) is 0 Å². The van der Waals surface area contributed by atoms with E-state index in [1.54, 1.807) is 0 Å². The van der Waals surface area contributed by atoms with Crippen molar-refractivity contribution in [1.29, 1.82) is 0 Å². The molecule has 0 unspecified atom stereocenters. The lowest BCUT2D eigenvalue weighted by Crippen LogP contribution is -1.97. The molecule has 0 fully saturated rings. The van der Waals surface area contributed by atoms with Crippen LogP contribution in [-0.4, -0.2) is 0 Å². The van der Waals surface area contributed by atoms with Crippen LogP contribution in [0.2, 0.25) is 0 Å². The standard InChI is InChI=1S/C62H38S/c1-6-19-39(20-7-1)46-33-34-47(40-21-8-2-9-22-40)59-56(43-27-14-5-15-28-43)61-51-36-35-48(49-31-18-32-50(57(49)51)60(61)55(58(46)59)42-25-12-4-13-26-42)52-37-44-29-16-17-30-45(44)53-38-54(63-62(52)53)41-23-10-3-11-24-41/h1-38H. The van der Waals surface area contributed by atoms with Crippen molar-refractivity contribution < 1.29 is 0 Å². The molecule has 12 aromatic rings. The Morgan fingerprint density at radius 3 is 1.25 bits per heavy atom. The zero-order valence-electron chi connectivity index (χ0n) is 34.3. The molecule has 1 aromatic heterocycles. The van der Waals surface area contributed by atoms with Crippen LogP contribution in [0.3, 0.4) is 0 Å². The van der Waals surface area contributed by atoms with Crippen molar-refractivity contribution in [2.75, 3.05) is 0 Å². The largest absolute Gasteiger partial charge is 0.135 e. The van der Waals surface area contributed by atoms with Gasteiger partial charge < -0.3 is 0 Å². The summed E-state index contributed by atoms with van der Waals surface area (Å²) in [5.41, 5.74) is 18.9. The van der Waals surface area contributed by atoms with Crippen molar-refractivity contribution in [2.24, 2.45) is 0 Å². The Labute approximate surface area is 370 Å². The van der Waals surface area contributed by atoms with Gasteiger partial charge in [0.2, 0.25) is 0 Å². The lowest BCUT2D eigenvalue weighted by atomic mass is 9.78. The summed E-state index contributed by atoms with van der Waals surface area (Å²) in [5.74, 6) is 0. The predicted molar refractivity (Wildman–Crippen MR) is 271 cm³/mol. The predicted octanol–water partition coefficient (Wildman–Crippen LogP) is 18.0. The number of rotatable bonds is 6. The first-order chi connectivity index (χ1) is 31.3. The first-order valence-corrected chi connectivity index (χ1v) is 22.6. The van der Waals surface area contributed by atoms with Crippen LogP contribution in [0.5, 0.6) is 0 Å². The van der Waals surface area contributed by atoms with Gasteiger partial charge in [0.1, 0.15) is 0 Å². The summed E-state index contributed by atoms with van der Waals surface area (Å²) in [6, 6.07) is 85.4. The molecule has 0 atom stereocenters. The summed E-state index contributed by atoms with van der Waals surface area (Å²) in [5, 5.41) is 9.01. The van der Waals surface area contributed by atoms with E-state index in [1.807, 2.05) is 11.3 Å². The second-order valence-electron chi connectivity index (χ2n) is 16.6. The minimum Gasteiger partial charge on any atom is -0.135 e. The zero-order valence-corrected chi connectivity index (χ0v) is 35.2. The van der Waals surface area contributed by atoms with Crippen LogP contribution in [0.4, 0.5) is 0 Å². The lowest BCUT2D eigenvalue weighted by Gasteiger charge is -2.25. The van der Waals surface area contributed by atoms with Crippen LogP contribution in [0.25, 0.3) is 131 Å². The van der Waals surface area contributed by atoms with Gasteiger partial charge in [0, 0.05) is 20.5 Å². The maximum atomic E-state index is 2.44. The van der Waals surface area contributed by atoms with Gasteiger partial charge in [-0.25, -0.2) is 0 Å². The fourth-order valence-electron chi connectivity index (χ4n) is 10.5.